The second-order valence-electron chi connectivity index (χ2n) is 9.14. The molecular weight excluding hydrogens is 428 g/mol. The molecule has 0 amide bonds. The molecule has 0 aromatic heterocycles. The van der Waals surface area contributed by atoms with E-state index in [0.29, 0.717) is 11.8 Å². The lowest BCUT2D eigenvalue weighted by Crippen LogP contribution is -2.23. The third-order valence-electron chi connectivity index (χ3n) is 5.02. The molecule has 0 radical (unpaired) electrons. The lowest BCUT2D eigenvalue weighted by atomic mass is 9.93. The van der Waals surface area contributed by atoms with Gasteiger partial charge in [0.25, 0.3) is 13.6 Å². The summed E-state index contributed by atoms with van der Waals surface area (Å²) in [4.78, 5) is 10.6. The summed E-state index contributed by atoms with van der Waals surface area (Å²) in [5.74, 6) is 0.730. The van der Waals surface area contributed by atoms with Crippen LogP contribution in [-0.2, 0) is 0 Å². The van der Waals surface area contributed by atoms with Crippen molar-refractivity contribution in [2.24, 2.45) is 4.63 Å². The number of non-ortho nitro benzene ring substituents is 1. The highest BCUT2D eigenvalue weighted by Crippen LogP contribution is 2.35. The first-order valence-corrected chi connectivity index (χ1v) is 16.3. The van der Waals surface area contributed by atoms with E-state index < -0.39 is 16.0 Å². The molecule has 0 bridgehead atoms. The molecule has 7 heteroatoms. The van der Waals surface area contributed by atoms with E-state index in [2.05, 4.69) is 71.2 Å². The molecule has 0 saturated heterocycles. The zero-order valence-corrected chi connectivity index (χ0v) is 21.6. The van der Waals surface area contributed by atoms with E-state index in [9.17, 15) is 10.1 Å². The lowest BCUT2D eigenvalue weighted by molar-refractivity contribution is -0.384. The van der Waals surface area contributed by atoms with E-state index >= 15 is 0 Å². The van der Waals surface area contributed by atoms with Crippen LogP contribution in [-0.4, -0.2) is 20.9 Å². The van der Waals surface area contributed by atoms with E-state index in [1.54, 1.807) is 12.1 Å². The summed E-state index contributed by atoms with van der Waals surface area (Å²) in [6.07, 6.45) is 0. The highest BCUT2D eigenvalue weighted by Gasteiger charge is 2.23. The molecule has 2 rings (SSSR count). The Balaban J connectivity index is 2.60. The molecular formula is C23H31ClN2O2Si2. The first-order chi connectivity index (χ1) is 13.9. The average Bonchev–Trinajstić information content (AvgIpc) is 2.65. The van der Waals surface area contributed by atoms with Gasteiger partial charge in [0.05, 0.1) is 18.7 Å². The fourth-order valence-electron chi connectivity index (χ4n) is 3.39. The number of halogens is 1. The van der Waals surface area contributed by atoms with Crippen LogP contribution in [0.15, 0.2) is 52.8 Å². The molecule has 0 aliphatic rings. The fraction of sp³-hybridized carbons (Fsp3) is 0.391. The van der Waals surface area contributed by atoms with E-state index in [4.69, 9.17) is 15.7 Å². The molecule has 0 aliphatic carbocycles. The fourth-order valence-corrected chi connectivity index (χ4v) is 8.37. The van der Waals surface area contributed by atoms with E-state index in [-0.39, 0.29) is 10.6 Å². The van der Waals surface area contributed by atoms with Gasteiger partial charge in [0.2, 0.25) is 0 Å². The summed E-state index contributed by atoms with van der Waals surface area (Å²) in [5, 5.41) is 12.2. The summed E-state index contributed by atoms with van der Waals surface area (Å²) < 4.78 is 5.03. The number of rotatable bonds is 7. The van der Waals surface area contributed by atoms with Crippen LogP contribution in [0.4, 0.5) is 11.4 Å². The molecule has 0 heterocycles. The monoisotopic (exact) mass is 458 g/mol. The maximum absolute atomic E-state index is 11.0. The Morgan fingerprint density at radius 3 is 1.93 bits per heavy atom. The Kier molecular flexibility index (Phi) is 8.08. The van der Waals surface area contributed by atoms with Crippen molar-refractivity contribution in [2.45, 2.75) is 59.2 Å². The molecule has 0 aliphatic heterocycles. The third-order valence-corrected chi connectivity index (χ3v) is 8.90. The van der Waals surface area contributed by atoms with Crippen molar-refractivity contribution in [3.8, 4) is 0 Å². The quantitative estimate of drug-likeness (QED) is 0.183. The molecule has 2 aromatic rings. The van der Waals surface area contributed by atoms with Crippen LogP contribution in [0.1, 0.15) is 56.2 Å². The Morgan fingerprint density at radius 1 is 1.03 bits per heavy atom. The van der Waals surface area contributed by atoms with Gasteiger partial charge >= 0.3 is 0 Å². The van der Waals surface area contributed by atoms with Gasteiger partial charge in [-0.05, 0) is 46.4 Å². The minimum absolute atomic E-state index is 0.0993. The number of hydrogen-bond acceptors (Lipinski definition) is 3. The third kappa shape index (κ3) is 6.06. The number of nitro groups is 1. The molecule has 0 atom stereocenters. The predicted molar refractivity (Wildman–Crippen MR) is 133 cm³/mol. The number of nitrogens with zero attached hydrogens (tertiary/aromatic N) is 2. The van der Waals surface area contributed by atoms with Crippen LogP contribution >= 0.6 is 11.1 Å². The van der Waals surface area contributed by atoms with E-state index in [1.807, 2.05) is 12.1 Å². The van der Waals surface area contributed by atoms with Gasteiger partial charge in [0, 0.05) is 12.1 Å². The summed E-state index contributed by atoms with van der Waals surface area (Å²) in [6, 6.07) is 13.2. The molecule has 4 nitrogen and oxygen atoms in total. The molecule has 0 spiro atoms. The minimum Gasteiger partial charge on any atom is -0.278 e. The molecule has 0 saturated carbocycles. The molecule has 160 valence electrons. The van der Waals surface area contributed by atoms with Gasteiger partial charge in [-0.2, -0.15) is 0 Å². The first-order valence-electron chi connectivity index (χ1n) is 10.3. The smallest absolute Gasteiger partial charge is 0.269 e. The van der Waals surface area contributed by atoms with Gasteiger partial charge in [-0.1, -0.05) is 70.7 Å². The first kappa shape index (κ1) is 24.4. The van der Waals surface area contributed by atoms with Crippen LogP contribution < -0.4 is 0 Å². The SMILES string of the molecule is CC(C)c1cccc(C(C)C)c1N=[Si](Cl)/C=C(/c1ccc([N+](=O)[O-])cc1)[Si](C)(C)C. The number of nitro benzene ring substituents is 1. The Bertz CT molecular complexity index is 949. The number of hydrogen-bond donors (Lipinski definition) is 0. The van der Waals surface area contributed by atoms with Gasteiger partial charge in [0.15, 0.2) is 0 Å². The summed E-state index contributed by atoms with van der Waals surface area (Å²) >= 11 is 6.87. The van der Waals surface area contributed by atoms with E-state index in [1.165, 1.54) is 16.3 Å². The molecule has 2 aromatic carbocycles. The van der Waals surface area contributed by atoms with Crippen LogP contribution in [0, 0.1) is 10.1 Å². The second-order valence-corrected chi connectivity index (χ2v) is 16.5. The topological polar surface area (TPSA) is 55.5 Å². The molecule has 0 fully saturated rings. The van der Waals surface area contributed by atoms with Gasteiger partial charge in [-0.15, -0.1) is 11.1 Å². The van der Waals surface area contributed by atoms with Crippen molar-refractivity contribution in [2.75, 3.05) is 0 Å². The predicted octanol–water partition coefficient (Wildman–Crippen LogP) is 7.97. The van der Waals surface area contributed by atoms with Gasteiger partial charge in [-0.3, -0.25) is 14.7 Å². The molecule has 0 unspecified atom stereocenters. The highest BCUT2D eigenvalue weighted by molar-refractivity contribution is 7.06. The van der Waals surface area contributed by atoms with E-state index in [0.717, 1.165) is 11.3 Å². The van der Waals surface area contributed by atoms with Crippen LogP contribution in [0.3, 0.4) is 0 Å². The standard InChI is InChI=1S/C23H31ClN2O2Si2/c1-16(2)20-9-8-10-21(17(3)4)23(20)25-29(24)15-22(30(5,6)7)18-11-13-19(14-12-18)26(27)28/h8-17H,1-7H3/b22-15-,29-25?. The Morgan fingerprint density at radius 2 is 1.53 bits per heavy atom. The largest absolute Gasteiger partial charge is 0.278 e. The number of benzene rings is 2. The average molecular weight is 459 g/mol. The van der Waals surface area contributed by atoms with Crippen molar-refractivity contribution in [3.05, 3.63) is 75.0 Å². The zero-order chi connectivity index (χ0) is 22.6. The zero-order valence-electron chi connectivity index (χ0n) is 18.9. The summed E-state index contributed by atoms with van der Waals surface area (Å²) in [7, 11) is -3.42. The summed E-state index contributed by atoms with van der Waals surface area (Å²) in [5.41, 5.74) is 6.70. The van der Waals surface area contributed by atoms with Crippen molar-refractivity contribution in [1.29, 1.82) is 0 Å². The second kappa shape index (κ2) is 9.94. The molecule has 30 heavy (non-hydrogen) atoms. The van der Waals surface area contributed by atoms with Crippen LogP contribution in [0.25, 0.3) is 5.20 Å². The highest BCUT2D eigenvalue weighted by atomic mass is 35.6. The molecule has 0 N–H and O–H groups in total. The summed E-state index contributed by atoms with van der Waals surface area (Å²) in [6.45, 7) is 15.5. The van der Waals surface area contributed by atoms with Gasteiger partial charge < -0.3 is 0 Å². The maximum atomic E-state index is 11.0. The van der Waals surface area contributed by atoms with Crippen molar-refractivity contribution in [1.82, 2.24) is 0 Å². The normalized spacial score (nSPS) is 13.3. The van der Waals surface area contributed by atoms with Crippen LogP contribution in [0.5, 0.6) is 0 Å². The van der Waals surface area contributed by atoms with Crippen LogP contribution in [0.2, 0.25) is 19.6 Å². The van der Waals surface area contributed by atoms with Crippen molar-refractivity contribution in [3.63, 3.8) is 0 Å². The van der Waals surface area contributed by atoms with Crippen molar-refractivity contribution < 1.29 is 4.92 Å². The lowest BCUT2D eigenvalue weighted by Gasteiger charge is -2.21. The Hall–Kier alpha value is -1.90. The minimum atomic E-state index is -1.75. The van der Waals surface area contributed by atoms with Gasteiger partial charge in [-0.25, -0.2) is 0 Å². The maximum Gasteiger partial charge on any atom is 0.269 e. The Labute approximate surface area is 187 Å². The van der Waals surface area contributed by atoms with Gasteiger partial charge in [0.1, 0.15) is 0 Å². The van der Waals surface area contributed by atoms with Crippen molar-refractivity contribution >= 4 is 43.6 Å².